The lowest BCUT2D eigenvalue weighted by Gasteiger charge is -2.17. The first kappa shape index (κ1) is 27.3. The smallest absolute Gasteiger partial charge is 0.240 e. The molecule has 0 atom stereocenters. The van der Waals surface area contributed by atoms with Gasteiger partial charge in [0.25, 0.3) is 0 Å². The van der Waals surface area contributed by atoms with Crippen LogP contribution in [-0.2, 0) is 9.59 Å². The summed E-state index contributed by atoms with van der Waals surface area (Å²) in [5.74, 6) is -0.712. The predicted molar refractivity (Wildman–Crippen MR) is 151 cm³/mol. The lowest BCUT2D eigenvalue weighted by atomic mass is 10.0. The zero-order chi connectivity index (χ0) is 28.4. The van der Waals surface area contributed by atoms with E-state index in [9.17, 15) is 14.0 Å². The third-order valence-electron chi connectivity index (χ3n) is 6.76. The summed E-state index contributed by atoms with van der Waals surface area (Å²) in [6.07, 6.45) is 2.63. The molecule has 0 bridgehead atoms. The van der Waals surface area contributed by atoms with Crippen molar-refractivity contribution in [3.8, 4) is 23.0 Å². The number of amides is 2. The maximum absolute atomic E-state index is 15.2. The van der Waals surface area contributed by atoms with Crippen LogP contribution in [0.1, 0.15) is 12.8 Å². The second-order valence-electron chi connectivity index (χ2n) is 9.30. The van der Waals surface area contributed by atoms with E-state index in [1.54, 1.807) is 13.2 Å². The largest absolute Gasteiger partial charge is 0.493 e. The van der Waals surface area contributed by atoms with E-state index in [4.69, 9.17) is 14.2 Å². The van der Waals surface area contributed by atoms with Crippen LogP contribution in [0, 0.1) is 17.0 Å². The van der Waals surface area contributed by atoms with E-state index in [1.165, 1.54) is 55.3 Å². The summed E-state index contributed by atoms with van der Waals surface area (Å²) in [5, 5.41) is 6.82. The monoisotopic (exact) mass is 564 g/mol. The summed E-state index contributed by atoms with van der Waals surface area (Å²) in [7, 11) is 3.09. The molecule has 206 valence electrons. The molecule has 10 heteroatoms. The number of thioether (sulfide) groups is 1. The fraction of sp³-hybridized carbons (Fsp3) is 0.200. The van der Waals surface area contributed by atoms with Crippen LogP contribution < -0.4 is 24.8 Å². The van der Waals surface area contributed by atoms with Crippen LogP contribution in [0.15, 0.2) is 71.6 Å². The summed E-state index contributed by atoms with van der Waals surface area (Å²) in [6, 6.07) is 16.7. The average Bonchev–Trinajstić information content (AvgIpc) is 3.77. The number of carbonyl (C=O) groups excluding carboxylic acids is 2. The molecule has 5 rings (SSSR count). The van der Waals surface area contributed by atoms with E-state index in [-0.39, 0.29) is 11.4 Å². The van der Waals surface area contributed by atoms with Gasteiger partial charge in [-0.25, -0.2) is 8.78 Å². The molecule has 0 unspecified atom stereocenters. The van der Waals surface area contributed by atoms with Gasteiger partial charge in [-0.05, 0) is 85.1 Å². The highest BCUT2D eigenvalue weighted by atomic mass is 32.2. The molecule has 0 heterocycles. The van der Waals surface area contributed by atoms with Gasteiger partial charge in [-0.3, -0.25) is 9.59 Å². The lowest BCUT2D eigenvalue weighted by molar-refractivity contribution is -0.131. The minimum Gasteiger partial charge on any atom is -0.493 e. The second kappa shape index (κ2) is 11.1. The van der Waals surface area contributed by atoms with Gasteiger partial charge in [0.15, 0.2) is 23.1 Å². The molecule has 1 aliphatic rings. The number of benzene rings is 4. The highest BCUT2D eigenvalue weighted by Crippen LogP contribution is 2.48. The minimum atomic E-state index is -1.27. The van der Waals surface area contributed by atoms with Crippen LogP contribution in [0.25, 0.3) is 10.8 Å². The summed E-state index contributed by atoms with van der Waals surface area (Å²) < 4.78 is 45.2. The van der Waals surface area contributed by atoms with Crippen LogP contribution >= 0.6 is 11.8 Å². The molecule has 0 radical (unpaired) electrons. The van der Waals surface area contributed by atoms with E-state index < -0.39 is 28.9 Å². The molecule has 4 aromatic carbocycles. The maximum atomic E-state index is 15.2. The van der Waals surface area contributed by atoms with E-state index in [2.05, 4.69) is 10.6 Å². The summed E-state index contributed by atoms with van der Waals surface area (Å²) >= 11 is 1.51. The number of anilines is 2. The third kappa shape index (κ3) is 5.40. The van der Waals surface area contributed by atoms with Crippen LogP contribution in [0.3, 0.4) is 0 Å². The van der Waals surface area contributed by atoms with Gasteiger partial charge in [-0.2, -0.15) is 0 Å². The highest BCUT2D eigenvalue weighted by molar-refractivity contribution is 7.98. The Labute approximate surface area is 233 Å². The average molecular weight is 565 g/mol. The number of ether oxygens (including phenoxy) is 3. The predicted octanol–water partition coefficient (Wildman–Crippen LogP) is 7.01. The molecule has 0 aliphatic heterocycles. The Bertz CT molecular complexity index is 1610. The first-order valence-corrected chi connectivity index (χ1v) is 13.6. The lowest BCUT2D eigenvalue weighted by Crippen LogP contribution is -2.35. The van der Waals surface area contributed by atoms with Crippen molar-refractivity contribution in [3.63, 3.8) is 0 Å². The minimum absolute atomic E-state index is 0.0393. The molecule has 0 spiro atoms. The Morgan fingerprint density at radius 2 is 1.40 bits per heavy atom. The standard InChI is InChI=1S/C30H26F2N2O5S/c1-37-26-13-17-12-21(40-3)15-25(22(17)16-27(26)38-2)39-24-9-8-20(14-23(24)32)34-29(36)30(10-11-30)28(35)33-19-6-4-18(31)5-7-19/h4-9,12-16H,10-11H2,1-3H3,(H,33,35)(H,34,36). The van der Waals surface area contributed by atoms with Gasteiger partial charge in [-0.15, -0.1) is 11.8 Å². The number of fused-ring (bicyclic) bond motifs is 1. The van der Waals surface area contributed by atoms with Crippen molar-refractivity contribution < 1.29 is 32.6 Å². The van der Waals surface area contributed by atoms with E-state index in [0.717, 1.165) is 16.3 Å². The van der Waals surface area contributed by atoms with Crippen LogP contribution in [0.4, 0.5) is 20.2 Å². The number of halogens is 2. The van der Waals surface area contributed by atoms with Gasteiger partial charge in [0.05, 0.1) is 14.2 Å². The van der Waals surface area contributed by atoms with Crippen molar-refractivity contribution in [2.45, 2.75) is 17.7 Å². The molecule has 0 aromatic heterocycles. The van der Waals surface area contributed by atoms with E-state index >= 15 is 4.39 Å². The van der Waals surface area contributed by atoms with Gasteiger partial charge < -0.3 is 24.8 Å². The Morgan fingerprint density at radius 1 is 0.775 bits per heavy atom. The molecule has 7 nitrogen and oxygen atoms in total. The number of rotatable bonds is 9. The molecule has 4 aromatic rings. The molecular formula is C30H26F2N2O5S. The summed E-state index contributed by atoms with van der Waals surface area (Å²) in [6.45, 7) is 0. The SMILES string of the molecule is COc1cc2cc(SC)cc(Oc3ccc(NC(=O)C4(C(=O)Nc5ccc(F)cc5)CC4)cc3F)c2cc1OC. The van der Waals surface area contributed by atoms with Crippen LogP contribution in [-0.4, -0.2) is 32.3 Å². The Hall–Kier alpha value is -4.31. The topological polar surface area (TPSA) is 85.9 Å². The fourth-order valence-electron chi connectivity index (χ4n) is 4.33. The maximum Gasteiger partial charge on any atom is 0.240 e. The van der Waals surface area contributed by atoms with Gasteiger partial charge >= 0.3 is 0 Å². The quantitative estimate of drug-likeness (QED) is 0.168. The number of nitrogens with one attached hydrogen (secondary N) is 2. The third-order valence-corrected chi connectivity index (χ3v) is 7.47. The van der Waals surface area contributed by atoms with Crippen molar-refractivity contribution in [1.29, 1.82) is 0 Å². The number of hydrogen-bond donors (Lipinski definition) is 2. The zero-order valence-electron chi connectivity index (χ0n) is 22.0. The van der Waals surface area contributed by atoms with Gasteiger partial charge in [0.1, 0.15) is 17.0 Å². The molecule has 2 amide bonds. The summed E-state index contributed by atoms with van der Waals surface area (Å²) in [4.78, 5) is 26.7. The Morgan fingerprint density at radius 3 is 2.00 bits per heavy atom. The van der Waals surface area contributed by atoms with Crippen LogP contribution in [0.5, 0.6) is 23.0 Å². The van der Waals surface area contributed by atoms with Crippen molar-refractivity contribution in [1.82, 2.24) is 0 Å². The molecule has 2 N–H and O–H groups in total. The van der Waals surface area contributed by atoms with Gasteiger partial charge in [-0.1, -0.05) is 0 Å². The number of hydrogen-bond acceptors (Lipinski definition) is 6. The zero-order valence-corrected chi connectivity index (χ0v) is 22.8. The molecular weight excluding hydrogens is 538 g/mol. The van der Waals surface area contributed by atoms with E-state index in [0.29, 0.717) is 41.2 Å². The second-order valence-corrected chi connectivity index (χ2v) is 10.2. The van der Waals surface area contributed by atoms with Gasteiger partial charge in [0.2, 0.25) is 11.8 Å². The molecule has 1 fully saturated rings. The Kier molecular flexibility index (Phi) is 7.53. The molecule has 1 saturated carbocycles. The number of methoxy groups -OCH3 is 2. The first-order valence-electron chi connectivity index (χ1n) is 12.4. The van der Waals surface area contributed by atoms with Crippen molar-refractivity contribution in [2.24, 2.45) is 5.41 Å². The van der Waals surface area contributed by atoms with Crippen molar-refractivity contribution in [3.05, 3.63) is 78.4 Å². The van der Waals surface area contributed by atoms with Crippen molar-refractivity contribution in [2.75, 3.05) is 31.1 Å². The normalized spacial score (nSPS) is 13.4. The molecule has 0 saturated heterocycles. The molecule has 40 heavy (non-hydrogen) atoms. The van der Waals surface area contributed by atoms with Crippen molar-refractivity contribution >= 4 is 45.7 Å². The summed E-state index contributed by atoms with van der Waals surface area (Å²) in [5.41, 5.74) is -0.700. The van der Waals surface area contributed by atoms with Gasteiger partial charge in [0, 0.05) is 27.7 Å². The fourth-order valence-corrected chi connectivity index (χ4v) is 4.80. The first-order chi connectivity index (χ1) is 19.3. The van der Waals surface area contributed by atoms with Crippen LogP contribution in [0.2, 0.25) is 0 Å². The molecule has 1 aliphatic carbocycles. The highest BCUT2D eigenvalue weighted by Gasteiger charge is 2.56. The van der Waals surface area contributed by atoms with E-state index in [1.807, 2.05) is 24.5 Å². The Balaban J connectivity index is 1.34. The number of carbonyl (C=O) groups is 2.